The van der Waals surface area contributed by atoms with Crippen molar-refractivity contribution >= 4 is 0 Å². The fraction of sp³-hybridized carbons (Fsp3) is 0.750. The van der Waals surface area contributed by atoms with Crippen LogP contribution in [0.2, 0.25) is 0 Å². The molecule has 4 aliphatic rings. The van der Waals surface area contributed by atoms with Gasteiger partial charge in [-0.25, -0.2) is 0 Å². The van der Waals surface area contributed by atoms with E-state index < -0.39 is 0 Å². The minimum Gasteiger partial charge on any atom is -0.365 e. The average molecular weight is 244 g/mol. The molecule has 18 heavy (non-hydrogen) atoms. The molecule has 4 saturated carbocycles. The van der Waals surface area contributed by atoms with E-state index in [1.807, 2.05) is 6.20 Å². The Bertz CT molecular complexity index is 385. The second-order valence-electron chi connectivity index (χ2n) is 7.29. The van der Waals surface area contributed by atoms with E-state index in [9.17, 15) is 0 Å². The molecule has 1 aromatic heterocycles. The summed E-state index contributed by atoms with van der Waals surface area (Å²) in [6.45, 7) is 0. The van der Waals surface area contributed by atoms with Gasteiger partial charge in [-0.05, 0) is 73.8 Å². The first-order chi connectivity index (χ1) is 8.73. The van der Waals surface area contributed by atoms with Gasteiger partial charge in [-0.15, -0.1) is 0 Å². The van der Waals surface area contributed by atoms with Crippen molar-refractivity contribution < 1.29 is 0 Å². The summed E-state index contributed by atoms with van der Waals surface area (Å²) < 4.78 is 0. The fourth-order valence-corrected chi connectivity index (χ4v) is 5.58. The molecule has 1 atom stereocenters. The van der Waals surface area contributed by atoms with Crippen LogP contribution in [0.25, 0.3) is 0 Å². The lowest BCUT2D eigenvalue weighted by atomic mass is 9.47. The Balaban J connectivity index is 1.56. The molecule has 2 heteroatoms. The minimum absolute atomic E-state index is 0.365. The van der Waals surface area contributed by atoms with Gasteiger partial charge < -0.3 is 10.7 Å². The van der Waals surface area contributed by atoms with E-state index in [0.29, 0.717) is 11.5 Å². The number of rotatable bonds is 3. The number of aromatic amines is 1. The first kappa shape index (κ1) is 11.1. The summed E-state index contributed by atoms with van der Waals surface area (Å²) in [5, 5.41) is 0. The maximum atomic E-state index is 6.64. The molecule has 1 unspecified atom stereocenters. The zero-order valence-electron chi connectivity index (χ0n) is 11.1. The topological polar surface area (TPSA) is 41.8 Å². The Kier molecular flexibility index (Phi) is 2.38. The van der Waals surface area contributed by atoms with Gasteiger partial charge in [0.15, 0.2) is 0 Å². The molecular formula is C16H24N2. The molecule has 0 amide bonds. The summed E-state index contributed by atoms with van der Waals surface area (Å²) in [4.78, 5) is 3.32. The van der Waals surface area contributed by atoms with Crippen molar-refractivity contribution in [3.05, 3.63) is 24.0 Å². The summed E-state index contributed by atoms with van der Waals surface area (Å²) in [6, 6.07) is 4.63. The third kappa shape index (κ3) is 1.65. The average Bonchev–Trinajstić information content (AvgIpc) is 2.79. The molecular weight excluding hydrogens is 220 g/mol. The fourth-order valence-electron chi connectivity index (χ4n) is 5.58. The summed E-state index contributed by atoms with van der Waals surface area (Å²) in [5.41, 5.74) is 8.45. The summed E-state index contributed by atoms with van der Waals surface area (Å²) in [6.07, 6.45) is 11.8. The Labute approximate surface area is 109 Å². The maximum absolute atomic E-state index is 6.64. The third-order valence-corrected chi connectivity index (χ3v) is 5.97. The highest BCUT2D eigenvalue weighted by Gasteiger charge is 2.53. The lowest BCUT2D eigenvalue weighted by Gasteiger charge is -2.59. The molecule has 0 spiro atoms. The number of nitrogens with one attached hydrogen (secondary N) is 1. The molecule has 1 heterocycles. The van der Waals surface area contributed by atoms with E-state index in [2.05, 4.69) is 17.1 Å². The highest BCUT2D eigenvalue weighted by atomic mass is 14.8. The van der Waals surface area contributed by atoms with Crippen LogP contribution in [0.1, 0.15) is 44.2 Å². The standard InChI is InChI=1S/C16H24N2/c17-15(7-14-2-1-3-18-14)16-8-11-4-12(9-16)6-13(5-11)10-16/h1-3,11-13,15,18H,4-10,17H2. The van der Waals surface area contributed by atoms with Crippen LogP contribution in [-0.4, -0.2) is 11.0 Å². The van der Waals surface area contributed by atoms with Gasteiger partial charge in [0.25, 0.3) is 0 Å². The van der Waals surface area contributed by atoms with Gasteiger partial charge in [0.2, 0.25) is 0 Å². The van der Waals surface area contributed by atoms with Crippen LogP contribution in [0.4, 0.5) is 0 Å². The Morgan fingerprint density at radius 1 is 1.17 bits per heavy atom. The molecule has 0 aliphatic heterocycles. The highest BCUT2D eigenvalue weighted by Crippen LogP contribution is 2.61. The lowest BCUT2D eigenvalue weighted by Crippen LogP contribution is -2.55. The molecule has 98 valence electrons. The second kappa shape index (κ2) is 3.86. The van der Waals surface area contributed by atoms with Gasteiger partial charge in [-0.2, -0.15) is 0 Å². The highest BCUT2D eigenvalue weighted by molar-refractivity contribution is 5.11. The van der Waals surface area contributed by atoms with Gasteiger partial charge in [0, 0.05) is 24.4 Å². The Morgan fingerprint density at radius 2 is 1.78 bits per heavy atom. The van der Waals surface area contributed by atoms with Gasteiger partial charge in [0.05, 0.1) is 0 Å². The van der Waals surface area contributed by atoms with Crippen molar-refractivity contribution in [3.63, 3.8) is 0 Å². The number of H-pyrrole nitrogens is 1. The van der Waals surface area contributed by atoms with Crippen molar-refractivity contribution in [2.45, 2.75) is 51.0 Å². The SMILES string of the molecule is NC(Cc1ccc[nH]1)C12CC3CC(CC(C3)C1)C2. The van der Waals surface area contributed by atoms with E-state index in [-0.39, 0.29) is 0 Å². The first-order valence-electron chi connectivity index (χ1n) is 7.61. The summed E-state index contributed by atoms with van der Waals surface area (Å²) >= 11 is 0. The van der Waals surface area contributed by atoms with Crippen LogP contribution in [0.5, 0.6) is 0 Å². The van der Waals surface area contributed by atoms with Gasteiger partial charge in [0.1, 0.15) is 0 Å². The zero-order valence-corrected chi connectivity index (χ0v) is 11.1. The molecule has 0 radical (unpaired) electrons. The molecule has 0 aromatic carbocycles. The third-order valence-electron chi connectivity index (χ3n) is 5.97. The molecule has 4 fully saturated rings. The van der Waals surface area contributed by atoms with Crippen molar-refractivity contribution in [1.29, 1.82) is 0 Å². The number of nitrogens with two attached hydrogens (primary N) is 1. The van der Waals surface area contributed by atoms with Gasteiger partial charge in [-0.3, -0.25) is 0 Å². The zero-order chi connectivity index (χ0) is 12.2. The van der Waals surface area contributed by atoms with Crippen molar-refractivity contribution in [3.8, 4) is 0 Å². The van der Waals surface area contributed by atoms with Crippen LogP contribution in [0, 0.1) is 23.2 Å². The number of aromatic nitrogens is 1. The largest absolute Gasteiger partial charge is 0.365 e. The second-order valence-corrected chi connectivity index (χ2v) is 7.29. The first-order valence-corrected chi connectivity index (χ1v) is 7.61. The number of hydrogen-bond donors (Lipinski definition) is 2. The van der Waals surface area contributed by atoms with Crippen LogP contribution >= 0.6 is 0 Å². The Morgan fingerprint density at radius 3 is 2.28 bits per heavy atom. The van der Waals surface area contributed by atoms with Crippen molar-refractivity contribution in [2.75, 3.05) is 0 Å². The maximum Gasteiger partial charge on any atom is 0.0162 e. The predicted octanol–water partition coefficient (Wildman–Crippen LogP) is 3.10. The molecule has 2 nitrogen and oxygen atoms in total. The molecule has 5 rings (SSSR count). The quantitative estimate of drug-likeness (QED) is 0.843. The smallest absolute Gasteiger partial charge is 0.0162 e. The number of hydrogen-bond acceptors (Lipinski definition) is 1. The molecule has 4 aliphatic carbocycles. The van der Waals surface area contributed by atoms with Crippen LogP contribution < -0.4 is 5.73 Å². The molecule has 1 aromatic rings. The van der Waals surface area contributed by atoms with Gasteiger partial charge >= 0.3 is 0 Å². The van der Waals surface area contributed by atoms with E-state index in [0.717, 1.165) is 24.2 Å². The van der Waals surface area contributed by atoms with Crippen molar-refractivity contribution in [2.24, 2.45) is 28.9 Å². The lowest BCUT2D eigenvalue weighted by molar-refractivity contribution is -0.0668. The molecule has 4 bridgehead atoms. The molecule has 3 N–H and O–H groups in total. The summed E-state index contributed by atoms with van der Waals surface area (Å²) in [5.74, 6) is 3.02. The monoisotopic (exact) mass is 244 g/mol. The normalized spacial score (nSPS) is 43.3. The van der Waals surface area contributed by atoms with E-state index >= 15 is 0 Å². The van der Waals surface area contributed by atoms with E-state index in [4.69, 9.17) is 5.73 Å². The summed E-state index contributed by atoms with van der Waals surface area (Å²) in [7, 11) is 0. The minimum atomic E-state index is 0.365. The molecule has 0 saturated heterocycles. The van der Waals surface area contributed by atoms with Gasteiger partial charge in [-0.1, -0.05) is 0 Å². The van der Waals surface area contributed by atoms with Crippen LogP contribution in [0.15, 0.2) is 18.3 Å². The van der Waals surface area contributed by atoms with E-state index in [1.165, 1.54) is 44.2 Å². The van der Waals surface area contributed by atoms with Crippen LogP contribution in [0.3, 0.4) is 0 Å². The van der Waals surface area contributed by atoms with E-state index in [1.54, 1.807) is 0 Å². The van der Waals surface area contributed by atoms with Crippen LogP contribution in [-0.2, 0) is 6.42 Å². The Hall–Kier alpha value is -0.760. The predicted molar refractivity (Wildman–Crippen MR) is 73.1 cm³/mol. The van der Waals surface area contributed by atoms with Crippen molar-refractivity contribution in [1.82, 2.24) is 4.98 Å².